The predicted octanol–water partition coefficient (Wildman–Crippen LogP) is 5.50. The van der Waals surface area contributed by atoms with Gasteiger partial charge in [-0.2, -0.15) is 0 Å². The summed E-state index contributed by atoms with van der Waals surface area (Å²) >= 11 is -1.88. The van der Waals surface area contributed by atoms with Crippen molar-refractivity contribution in [2.75, 3.05) is 0 Å². The van der Waals surface area contributed by atoms with Gasteiger partial charge in [0.15, 0.2) is 0 Å². The van der Waals surface area contributed by atoms with Gasteiger partial charge in [0.1, 0.15) is 0 Å². The van der Waals surface area contributed by atoms with Gasteiger partial charge in [0.05, 0.1) is 0 Å². The first-order valence-corrected chi connectivity index (χ1v) is 15.7. The molecule has 0 saturated carbocycles. The number of pyridine rings is 1. The minimum absolute atomic E-state index is 0.927. The molecule has 24 heavy (non-hydrogen) atoms. The van der Waals surface area contributed by atoms with E-state index in [0.717, 1.165) is 33.2 Å². The van der Waals surface area contributed by atoms with E-state index >= 15 is 0 Å². The van der Waals surface area contributed by atoms with Gasteiger partial charge in [0.25, 0.3) is 0 Å². The maximum absolute atomic E-state index is 6.15. The Morgan fingerprint density at radius 3 is 2.42 bits per heavy atom. The molecule has 0 amide bonds. The summed E-state index contributed by atoms with van der Waals surface area (Å²) in [5.74, 6) is 7.22. The van der Waals surface area contributed by atoms with E-state index in [9.17, 15) is 0 Å². The standard InChI is InChI=1S/C21H21GeNO/c1-14-12-19(23-13-18(14)22(2,3)4)17-10-7-9-16-15-8-5-6-11-20(15)24-21(16)17/h5-13H,1-4H3. The zero-order valence-corrected chi connectivity index (χ0v) is 16.6. The number of aryl methyl sites for hydroxylation is 1. The Morgan fingerprint density at radius 1 is 0.917 bits per heavy atom. The average Bonchev–Trinajstić information content (AvgIpc) is 2.92. The van der Waals surface area contributed by atoms with Gasteiger partial charge in [-0.05, 0) is 0 Å². The van der Waals surface area contributed by atoms with E-state index in [1.165, 1.54) is 9.96 Å². The molecule has 0 aliphatic carbocycles. The summed E-state index contributed by atoms with van der Waals surface area (Å²) in [7, 11) is 0. The number of rotatable bonds is 2. The summed E-state index contributed by atoms with van der Waals surface area (Å²) in [5.41, 5.74) is 5.27. The number of aromatic nitrogens is 1. The predicted molar refractivity (Wildman–Crippen MR) is 105 cm³/mol. The van der Waals surface area contributed by atoms with E-state index in [4.69, 9.17) is 9.40 Å². The van der Waals surface area contributed by atoms with Crippen LogP contribution in [0.15, 0.2) is 59.1 Å². The van der Waals surface area contributed by atoms with Crippen molar-refractivity contribution in [2.24, 2.45) is 0 Å². The molecule has 2 nitrogen and oxygen atoms in total. The third-order valence-corrected chi connectivity index (χ3v) is 9.09. The second-order valence-corrected chi connectivity index (χ2v) is 18.0. The Morgan fingerprint density at radius 2 is 1.67 bits per heavy atom. The van der Waals surface area contributed by atoms with E-state index in [0.29, 0.717) is 0 Å². The normalized spacial score (nSPS) is 12.2. The second kappa shape index (κ2) is 5.49. The van der Waals surface area contributed by atoms with Crippen LogP contribution in [0.3, 0.4) is 0 Å². The van der Waals surface area contributed by atoms with Crippen LogP contribution in [0.1, 0.15) is 5.56 Å². The monoisotopic (exact) mass is 377 g/mol. The van der Waals surface area contributed by atoms with E-state index < -0.39 is 13.3 Å². The van der Waals surface area contributed by atoms with Gasteiger partial charge in [0, 0.05) is 0 Å². The molecule has 2 heterocycles. The maximum atomic E-state index is 6.15. The van der Waals surface area contributed by atoms with Crippen LogP contribution in [0.4, 0.5) is 0 Å². The Bertz CT molecular complexity index is 1060. The molecule has 0 saturated heterocycles. The molecule has 4 aromatic rings. The molecule has 0 aliphatic rings. The number of furan rings is 1. The number of nitrogens with zero attached hydrogens (tertiary/aromatic N) is 1. The Labute approximate surface area is 144 Å². The molecule has 120 valence electrons. The molecule has 2 aromatic heterocycles. The molecule has 3 heteroatoms. The average molecular weight is 376 g/mol. The fraction of sp³-hybridized carbons (Fsp3) is 0.190. The van der Waals surface area contributed by atoms with Gasteiger partial charge in [-0.1, -0.05) is 0 Å². The van der Waals surface area contributed by atoms with Crippen molar-refractivity contribution in [1.82, 2.24) is 4.98 Å². The topological polar surface area (TPSA) is 26.0 Å². The minimum atomic E-state index is -1.88. The molecule has 0 unspecified atom stereocenters. The summed E-state index contributed by atoms with van der Waals surface area (Å²) in [6.45, 7) is 2.20. The van der Waals surface area contributed by atoms with Crippen LogP contribution in [0.5, 0.6) is 0 Å². The van der Waals surface area contributed by atoms with Crippen LogP contribution >= 0.6 is 0 Å². The molecule has 0 aliphatic heterocycles. The number of fused-ring (bicyclic) bond motifs is 3. The first kappa shape index (κ1) is 15.5. The molecule has 0 fully saturated rings. The summed E-state index contributed by atoms with van der Waals surface area (Å²) in [4.78, 5) is 4.78. The molecule has 0 bridgehead atoms. The third kappa shape index (κ3) is 2.46. The first-order chi connectivity index (χ1) is 11.4. The number of benzene rings is 2. The number of para-hydroxylation sites is 2. The van der Waals surface area contributed by atoms with Crippen LogP contribution in [0.25, 0.3) is 33.2 Å². The summed E-state index contributed by atoms with van der Waals surface area (Å²) in [5, 5.41) is 2.31. The van der Waals surface area contributed by atoms with Crippen LogP contribution < -0.4 is 4.40 Å². The molecule has 0 spiro atoms. The molecule has 0 atom stereocenters. The molecule has 0 radical (unpaired) electrons. The summed E-state index contributed by atoms with van der Waals surface area (Å²) < 4.78 is 7.62. The number of hydrogen-bond acceptors (Lipinski definition) is 2. The molecule has 0 N–H and O–H groups in total. The van der Waals surface area contributed by atoms with Crippen molar-refractivity contribution in [3.63, 3.8) is 0 Å². The quantitative estimate of drug-likeness (QED) is 0.432. The van der Waals surface area contributed by atoms with Crippen molar-refractivity contribution in [3.8, 4) is 11.3 Å². The van der Waals surface area contributed by atoms with E-state index in [1.807, 2.05) is 12.1 Å². The van der Waals surface area contributed by atoms with Crippen molar-refractivity contribution in [3.05, 3.63) is 60.3 Å². The van der Waals surface area contributed by atoms with Crippen LogP contribution in [-0.2, 0) is 0 Å². The summed E-state index contributed by atoms with van der Waals surface area (Å²) in [6, 6.07) is 16.7. The summed E-state index contributed by atoms with van der Waals surface area (Å²) in [6.07, 6.45) is 2.09. The van der Waals surface area contributed by atoms with Gasteiger partial charge >= 0.3 is 145 Å². The van der Waals surface area contributed by atoms with Crippen molar-refractivity contribution >= 4 is 39.6 Å². The van der Waals surface area contributed by atoms with Crippen LogP contribution in [0.2, 0.25) is 17.3 Å². The fourth-order valence-corrected chi connectivity index (χ4v) is 7.02. The van der Waals surface area contributed by atoms with Crippen LogP contribution in [0, 0.1) is 6.92 Å². The number of hydrogen-bond donors (Lipinski definition) is 0. The van der Waals surface area contributed by atoms with E-state index in [2.05, 4.69) is 66.8 Å². The van der Waals surface area contributed by atoms with E-state index in [1.54, 1.807) is 0 Å². The van der Waals surface area contributed by atoms with Gasteiger partial charge in [0.2, 0.25) is 0 Å². The first-order valence-electron chi connectivity index (χ1n) is 8.33. The molecule has 2 aromatic carbocycles. The Balaban J connectivity index is 1.95. The van der Waals surface area contributed by atoms with Gasteiger partial charge in [-0.3, -0.25) is 0 Å². The molecular weight excluding hydrogens is 355 g/mol. The van der Waals surface area contributed by atoms with Crippen molar-refractivity contribution < 1.29 is 4.42 Å². The Hall–Kier alpha value is -2.07. The second-order valence-electron chi connectivity index (χ2n) is 7.41. The molecular formula is C21H21GeNO. The molecule has 4 rings (SSSR count). The zero-order chi connectivity index (χ0) is 16.9. The van der Waals surface area contributed by atoms with E-state index in [-0.39, 0.29) is 0 Å². The van der Waals surface area contributed by atoms with Gasteiger partial charge in [-0.25, -0.2) is 0 Å². The van der Waals surface area contributed by atoms with Gasteiger partial charge < -0.3 is 0 Å². The van der Waals surface area contributed by atoms with Crippen molar-refractivity contribution in [2.45, 2.75) is 24.2 Å². The van der Waals surface area contributed by atoms with Crippen molar-refractivity contribution in [1.29, 1.82) is 0 Å². The van der Waals surface area contributed by atoms with Gasteiger partial charge in [-0.15, -0.1) is 0 Å². The Kier molecular flexibility index (Phi) is 3.53. The SMILES string of the molecule is Cc1cc(-c2cccc3c2oc2ccccc23)nc[c]1[Ge]([CH3])([CH3])[CH3]. The fourth-order valence-electron chi connectivity index (χ4n) is 3.44. The zero-order valence-electron chi connectivity index (χ0n) is 14.6. The van der Waals surface area contributed by atoms with Crippen LogP contribution in [-0.4, -0.2) is 18.3 Å². The third-order valence-electron chi connectivity index (χ3n) is 4.60.